The number of carbonyl (C=O) groups excluding carboxylic acids is 1. The summed E-state index contributed by atoms with van der Waals surface area (Å²) in [4.78, 5) is 16.8. The highest BCUT2D eigenvalue weighted by Crippen LogP contribution is 2.27. The van der Waals surface area contributed by atoms with Gasteiger partial charge in [0.15, 0.2) is 0 Å². The van der Waals surface area contributed by atoms with E-state index in [1.54, 1.807) is 12.5 Å². The minimum atomic E-state index is 0.00611. The predicted molar refractivity (Wildman–Crippen MR) is 98.4 cm³/mol. The van der Waals surface area contributed by atoms with Crippen LogP contribution in [0.25, 0.3) is 22.2 Å². The molecule has 1 fully saturated rings. The van der Waals surface area contributed by atoms with E-state index in [0.29, 0.717) is 11.5 Å². The Morgan fingerprint density at radius 1 is 1.08 bits per heavy atom. The van der Waals surface area contributed by atoms with Crippen LogP contribution in [-0.2, 0) is 0 Å². The third kappa shape index (κ3) is 3.43. The van der Waals surface area contributed by atoms with E-state index in [1.807, 2.05) is 36.4 Å². The van der Waals surface area contributed by atoms with Crippen molar-refractivity contribution in [3.05, 3.63) is 54.4 Å². The van der Waals surface area contributed by atoms with Crippen LogP contribution in [0.3, 0.4) is 0 Å². The number of amides is 1. The van der Waals surface area contributed by atoms with Crippen molar-refractivity contribution in [2.75, 3.05) is 6.54 Å². The molecule has 1 saturated carbocycles. The standard InChI is InChI=1S/C21H22N2O2/c24-21(23-14-15-4-2-1-3-5-15)17-8-6-16(7-9-17)20-18-11-13-25-19(18)10-12-22-20/h6-13,15H,1-5,14H2,(H,23,24). The molecule has 2 aromatic heterocycles. The van der Waals surface area contributed by atoms with Gasteiger partial charge in [-0.05, 0) is 43.0 Å². The number of hydrogen-bond donors (Lipinski definition) is 1. The van der Waals surface area contributed by atoms with Gasteiger partial charge in [0.05, 0.1) is 12.0 Å². The fraction of sp³-hybridized carbons (Fsp3) is 0.333. The van der Waals surface area contributed by atoms with E-state index in [2.05, 4.69) is 10.3 Å². The van der Waals surface area contributed by atoms with E-state index in [1.165, 1.54) is 32.1 Å². The Balaban J connectivity index is 1.46. The van der Waals surface area contributed by atoms with Gasteiger partial charge in [-0.3, -0.25) is 9.78 Å². The number of furan rings is 1. The second kappa shape index (κ2) is 7.09. The third-order valence-corrected chi connectivity index (χ3v) is 5.08. The van der Waals surface area contributed by atoms with Gasteiger partial charge in [-0.25, -0.2) is 0 Å². The van der Waals surface area contributed by atoms with Gasteiger partial charge in [-0.15, -0.1) is 0 Å². The second-order valence-corrected chi connectivity index (χ2v) is 6.78. The van der Waals surface area contributed by atoms with Crippen LogP contribution in [-0.4, -0.2) is 17.4 Å². The number of rotatable bonds is 4. The summed E-state index contributed by atoms with van der Waals surface area (Å²) in [7, 11) is 0. The number of carbonyl (C=O) groups is 1. The molecule has 4 heteroatoms. The smallest absolute Gasteiger partial charge is 0.251 e. The minimum absolute atomic E-state index is 0.00611. The van der Waals surface area contributed by atoms with Crippen LogP contribution in [0.1, 0.15) is 42.5 Å². The summed E-state index contributed by atoms with van der Waals surface area (Å²) in [5, 5.41) is 4.07. The zero-order valence-corrected chi connectivity index (χ0v) is 14.2. The molecule has 2 heterocycles. The first-order valence-corrected chi connectivity index (χ1v) is 9.02. The van der Waals surface area contributed by atoms with Crippen molar-refractivity contribution in [3.63, 3.8) is 0 Å². The maximum absolute atomic E-state index is 12.4. The normalized spacial score (nSPS) is 15.4. The molecule has 1 aliphatic rings. The summed E-state index contributed by atoms with van der Waals surface area (Å²) in [6.07, 6.45) is 9.81. The van der Waals surface area contributed by atoms with Gasteiger partial charge in [-0.2, -0.15) is 0 Å². The lowest BCUT2D eigenvalue weighted by Crippen LogP contribution is -2.30. The van der Waals surface area contributed by atoms with Crippen molar-refractivity contribution in [2.24, 2.45) is 5.92 Å². The summed E-state index contributed by atoms with van der Waals surface area (Å²) in [5.74, 6) is 0.645. The average Bonchev–Trinajstić information content (AvgIpc) is 3.16. The first kappa shape index (κ1) is 15.9. The number of pyridine rings is 1. The third-order valence-electron chi connectivity index (χ3n) is 5.08. The number of fused-ring (bicyclic) bond motifs is 1. The van der Waals surface area contributed by atoms with Crippen LogP contribution in [0.5, 0.6) is 0 Å². The van der Waals surface area contributed by atoms with Gasteiger partial charge < -0.3 is 9.73 Å². The maximum Gasteiger partial charge on any atom is 0.251 e. The van der Waals surface area contributed by atoms with E-state index in [0.717, 1.165) is 28.8 Å². The molecule has 0 unspecified atom stereocenters. The van der Waals surface area contributed by atoms with Gasteiger partial charge >= 0.3 is 0 Å². The molecule has 4 nitrogen and oxygen atoms in total. The summed E-state index contributed by atoms with van der Waals surface area (Å²) in [6, 6.07) is 11.4. The largest absolute Gasteiger partial charge is 0.464 e. The minimum Gasteiger partial charge on any atom is -0.464 e. The van der Waals surface area contributed by atoms with Crippen LogP contribution in [0.15, 0.2) is 53.3 Å². The first-order valence-electron chi connectivity index (χ1n) is 9.02. The number of nitrogens with one attached hydrogen (secondary N) is 1. The lowest BCUT2D eigenvalue weighted by molar-refractivity contribution is 0.0943. The second-order valence-electron chi connectivity index (χ2n) is 6.78. The van der Waals surface area contributed by atoms with E-state index in [-0.39, 0.29) is 5.91 Å². The fourth-order valence-electron chi connectivity index (χ4n) is 3.63. The Labute approximate surface area is 147 Å². The molecule has 0 bridgehead atoms. The first-order chi connectivity index (χ1) is 12.3. The molecule has 25 heavy (non-hydrogen) atoms. The van der Waals surface area contributed by atoms with Crippen molar-refractivity contribution in [1.29, 1.82) is 0 Å². The molecule has 1 amide bonds. The van der Waals surface area contributed by atoms with Crippen molar-refractivity contribution in [1.82, 2.24) is 10.3 Å². The molecule has 1 aromatic carbocycles. The number of aromatic nitrogens is 1. The summed E-state index contributed by atoms with van der Waals surface area (Å²) < 4.78 is 5.43. The fourth-order valence-corrected chi connectivity index (χ4v) is 3.63. The molecular formula is C21H22N2O2. The maximum atomic E-state index is 12.4. The Morgan fingerprint density at radius 2 is 1.88 bits per heavy atom. The number of hydrogen-bond acceptors (Lipinski definition) is 3. The molecule has 0 spiro atoms. The van der Waals surface area contributed by atoms with E-state index < -0.39 is 0 Å². The molecule has 1 N–H and O–H groups in total. The van der Waals surface area contributed by atoms with Crippen LogP contribution < -0.4 is 5.32 Å². The van der Waals surface area contributed by atoms with E-state index in [4.69, 9.17) is 4.42 Å². The highest BCUT2D eigenvalue weighted by Gasteiger charge is 2.15. The van der Waals surface area contributed by atoms with Gasteiger partial charge in [0.25, 0.3) is 5.91 Å². The zero-order chi connectivity index (χ0) is 17.1. The van der Waals surface area contributed by atoms with Crippen LogP contribution >= 0.6 is 0 Å². The summed E-state index contributed by atoms with van der Waals surface area (Å²) >= 11 is 0. The molecule has 0 atom stereocenters. The van der Waals surface area contributed by atoms with Crippen molar-refractivity contribution in [2.45, 2.75) is 32.1 Å². The van der Waals surface area contributed by atoms with Crippen molar-refractivity contribution in [3.8, 4) is 11.3 Å². The molecule has 3 aromatic rings. The topological polar surface area (TPSA) is 55.1 Å². The molecule has 0 aliphatic heterocycles. The molecule has 4 rings (SSSR count). The highest BCUT2D eigenvalue weighted by atomic mass is 16.3. The van der Waals surface area contributed by atoms with Gasteiger partial charge in [0.2, 0.25) is 0 Å². The molecular weight excluding hydrogens is 312 g/mol. The Bertz CT molecular complexity index is 861. The summed E-state index contributed by atoms with van der Waals surface area (Å²) in [5.41, 5.74) is 3.37. The van der Waals surface area contributed by atoms with Gasteiger partial charge in [-0.1, -0.05) is 31.4 Å². The number of benzene rings is 1. The van der Waals surface area contributed by atoms with Gasteiger partial charge in [0.1, 0.15) is 5.58 Å². The molecule has 128 valence electrons. The lowest BCUT2D eigenvalue weighted by atomic mass is 9.89. The average molecular weight is 334 g/mol. The Morgan fingerprint density at radius 3 is 2.68 bits per heavy atom. The predicted octanol–water partition coefficient (Wildman–Crippen LogP) is 4.80. The Kier molecular flexibility index (Phi) is 4.51. The van der Waals surface area contributed by atoms with Gasteiger partial charge in [0, 0.05) is 29.3 Å². The molecule has 0 saturated heterocycles. The molecule has 1 aliphatic carbocycles. The SMILES string of the molecule is O=C(NCC1CCCCC1)c1ccc(-c2nccc3occc23)cc1. The van der Waals surface area contributed by atoms with Crippen molar-refractivity contribution >= 4 is 16.9 Å². The monoisotopic (exact) mass is 334 g/mol. The van der Waals surface area contributed by atoms with E-state index in [9.17, 15) is 4.79 Å². The lowest BCUT2D eigenvalue weighted by Gasteiger charge is -2.21. The summed E-state index contributed by atoms with van der Waals surface area (Å²) in [6.45, 7) is 0.788. The van der Waals surface area contributed by atoms with Crippen LogP contribution in [0.4, 0.5) is 0 Å². The zero-order valence-electron chi connectivity index (χ0n) is 14.2. The molecule has 0 radical (unpaired) electrons. The van der Waals surface area contributed by atoms with Crippen LogP contribution in [0.2, 0.25) is 0 Å². The quantitative estimate of drug-likeness (QED) is 0.745. The number of nitrogens with zero attached hydrogens (tertiary/aromatic N) is 1. The van der Waals surface area contributed by atoms with Crippen LogP contribution in [0, 0.1) is 5.92 Å². The highest BCUT2D eigenvalue weighted by molar-refractivity contribution is 5.96. The van der Waals surface area contributed by atoms with E-state index >= 15 is 0 Å². The Hall–Kier alpha value is -2.62. The van der Waals surface area contributed by atoms with Crippen molar-refractivity contribution < 1.29 is 9.21 Å².